The summed E-state index contributed by atoms with van der Waals surface area (Å²) in [5, 5.41) is 0. The lowest BCUT2D eigenvalue weighted by molar-refractivity contribution is -0.184. The Labute approximate surface area is 106 Å². The standard InChI is InChI=1S/C13H18N2O3/c1-4-17-13(18-5-2)15-9-14-11-8-10(16-3)6-7-12(11)15/h6-9,13H,4-5H2,1-3H3. The monoisotopic (exact) mass is 250 g/mol. The molecule has 18 heavy (non-hydrogen) atoms. The highest BCUT2D eigenvalue weighted by molar-refractivity contribution is 5.77. The molecule has 0 fully saturated rings. The molecule has 0 atom stereocenters. The van der Waals surface area contributed by atoms with Gasteiger partial charge in [-0.15, -0.1) is 0 Å². The molecule has 0 aliphatic rings. The molecule has 1 aromatic carbocycles. The minimum atomic E-state index is -0.432. The number of benzene rings is 1. The molecule has 0 spiro atoms. The topological polar surface area (TPSA) is 45.5 Å². The second-order valence-corrected chi connectivity index (χ2v) is 3.72. The van der Waals surface area contributed by atoms with Crippen molar-refractivity contribution in [3.63, 3.8) is 0 Å². The van der Waals surface area contributed by atoms with Crippen molar-refractivity contribution in [3.8, 4) is 5.75 Å². The van der Waals surface area contributed by atoms with Crippen LogP contribution in [-0.4, -0.2) is 29.9 Å². The summed E-state index contributed by atoms with van der Waals surface area (Å²) in [5.74, 6) is 0.789. The molecule has 0 saturated heterocycles. The number of rotatable bonds is 6. The van der Waals surface area contributed by atoms with Crippen molar-refractivity contribution in [1.82, 2.24) is 9.55 Å². The van der Waals surface area contributed by atoms with Crippen LogP contribution in [0.15, 0.2) is 24.5 Å². The van der Waals surface area contributed by atoms with Crippen LogP contribution in [0.1, 0.15) is 20.3 Å². The van der Waals surface area contributed by atoms with E-state index < -0.39 is 6.41 Å². The van der Waals surface area contributed by atoms with Gasteiger partial charge < -0.3 is 14.2 Å². The van der Waals surface area contributed by atoms with Gasteiger partial charge >= 0.3 is 0 Å². The van der Waals surface area contributed by atoms with E-state index in [1.807, 2.05) is 36.6 Å². The molecule has 1 aromatic heterocycles. The number of nitrogens with zero attached hydrogens (tertiary/aromatic N) is 2. The van der Waals surface area contributed by atoms with Crippen LogP contribution in [0.2, 0.25) is 0 Å². The highest BCUT2D eigenvalue weighted by Crippen LogP contribution is 2.23. The van der Waals surface area contributed by atoms with Crippen molar-refractivity contribution in [2.24, 2.45) is 0 Å². The molecule has 0 unspecified atom stereocenters. The molecule has 2 rings (SSSR count). The van der Waals surface area contributed by atoms with Gasteiger partial charge in [-0.05, 0) is 26.0 Å². The van der Waals surface area contributed by atoms with Gasteiger partial charge in [-0.3, -0.25) is 4.57 Å². The van der Waals surface area contributed by atoms with Crippen molar-refractivity contribution in [1.29, 1.82) is 0 Å². The number of methoxy groups -OCH3 is 1. The number of hydrogen-bond donors (Lipinski definition) is 0. The average Bonchev–Trinajstić information content (AvgIpc) is 2.81. The summed E-state index contributed by atoms with van der Waals surface area (Å²) in [6, 6.07) is 5.74. The first-order valence-corrected chi connectivity index (χ1v) is 6.04. The van der Waals surface area contributed by atoms with Crippen molar-refractivity contribution in [3.05, 3.63) is 24.5 Å². The molecular formula is C13H18N2O3. The van der Waals surface area contributed by atoms with Gasteiger partial charge in [0, 0.05) is 19.3 Å². The fourth-order valence-electron chi connectivity index (χ4n) is 1.80. The molecule has 5 nitrogen and oxygen atoms in total. The second kappa shape index (κ2) is 5.84. The summed E-state index contributed by atoms with van der Waals surface area (Å²) >= 11 is 0. The minimum Gasteiger partial charge on any atom is -0.497 e. The molecule has 0 saturated carbocycles. The van der Waals surface area contributed by atoms with Crippen LogP contribution in [-0.2, 0) is 9.47 Å². The third kappa shape index (κ3) is 2.47. The van der Waals surface area contributed by atoms with E-state index in [0.717, 1.165) is 16.8 Å². The lowest BCUT2D eigenvalue weighted by atomic mass is 10.3. The molecule has 0 radical (unpaired) electrons. The summed E-state index contributed by atoms with van der Waals surface area (Å²) < 4.78 is 18.2. The lowest BCUT2D eigenvalue weighted by Crippen LogP contribution is -2.15. The zero-order valence-electron chi connectivity index (χ0n) is 10.9. The fraction of sp³-hybridized carbons (Fsp3) is 0.462. The van der Waals surface area contributed by atoms with Crippen molar-refractivity contribution in [2.45, 2.75) is 20.3 Å². The Morgan fingerprint density at radius 2 is 1.94 bits per heavy atom. The van der Waals surface area contributed by atoms with Crippen molar-refractivity contribution in [2.75, 3.05) is 20.3 Å². The molecule has 0 aliphatic heterocycles. The number of hydrogen-bond acceptors (Lipinski definition) is 4. The molecule has 5 heteroatoms. The zero-order valence-corrected chi connectivity index (χ0v) is 10.9. The zero-order chi connectivity index (χ0) is 13.0. The summed E-state index contributed by atoms with van der Waals surface area (Å²) in [6.45, 7) is 5.04. The number of fused-ring (bicyclic) bond motifs is 1. The first-order chi connectivity index (χ1) is 8.80. The Balaban J connectivity index is 2.37. The normalized spacial score (nSPS) is 11.3. The second-order valence-electron chi connectivity index (χ2n) is 3.72. The van der Waals surface area contributed by atoms with E-state index >= 15 is 0 Å². The van der Waals surface area contributed by atoms with E-state index in [4.69, 9.17) is 14.2 Å². The third-order valence-electron chi connectivity index (χ3n) is 2.63. The van der Waals surface area contributed by atoms with Gasteiger partial charge in [0.25, 0.3) is 0 Å². The maximum atomic E-state index is 5.56. The van der Waals surface area contributed by atoms with Gasteiger partial charge in [0.2, 0.25) is 6.41 Å². The highest BCUT2D eigenvalue weighted by atomic mass is 16.7. The molecule has 2 aromatic rings. The van der Waals surface area contributed by atoms with Crippen LogP contribution in [0, 0.1) is 0 Å². The Morgan fingerprint density at radius 1 is 1.22 bits per heavy atom. The van der Waals surface area contributed by atoms with E-state index in [-0.39, 0.29) is 0 Å². The van der Waals surface area contributed by atoms with Gasteiger partial charge in [-0.1, -0.05) is 0 Å². The summed E-state index contributed by atoms with van der Waals surface area (Å²) in [6.07, 6.45) is 1.29. The van der Waals surface area contributed by atoms with E-state index in [1.54, 1.807) is 13.4 Å². The van der Waals surface area contributed by atoms with Crippen molar-refractivity contribution >= 4 is 11.0 Å². The van der Waals surface area contributed by atoms with E-state index in [0.29, 0.717) is 13.2 Å². The van der Waals surface area contributed by atoms with Gasteiger partial charge in [0.1, 0.15) is 5.75 Å². The fourth-order valence-corrected chi connectivity index (χ4v) is 1.80. The quantitative estimate of drug-likeness (QED) is 0.739. The van der Waals surface area contributed by atoms with E-state index in [1.165, 1.54) is 0 Å². The Kier molecular flexibility index (Phi) is 4.17. The SMILES string of the molecule is CCOC(OCC)n1cnc2cc(OC)ccc21. The summed E-state index contributed by atoms with van der Waals surface area (Å²) in [5.41, 5.74) is 1.82. The number of ether oxygens (including phenoxy) is 3. The van der Waals surface area contributed by atoms with Gasteiger partial charge in [-0.2, -0.15) is 0 Å². The van der Waals surface area contributed by atoms with E-state index in [9.17, 15) is 0 Å². The van der Waals surface area contributed by atoms with Gasteiger partial charge in [0.05, 0.1) is 24.5 Å². The molecule has 98 valence electrons. The third-order valence-corrected chi connectivity index (χ3v) is 2.63. The Morgan fingerprint density at radius 3 is 2.56 bits per heavy atom. The first kappa shape index (κ1) is 12.9. The van der Waals surface area contributed by atoms with Crippen LogP contribution in [0.4, 0.5) is 0 Å². The molecule has 0 N–H and O–H groups in total. The average molecular weight is 250 g/mol. The maximum Gasteiger partial charge on any atom is 0.245 e. The predicted octanol–water partition coefficient (Wildman–Crippen LogP) is 2.57. The Bertz CT molecular complexity index is 504. The summed E-state index contributed by atoms with van der Waals surface area (Å²) in [7, 11) is 1.64. The van der Waals surface area contributed by atoms with Crippen LogP contribution in [0.5, 0.6) is 5.75 Å². The molecule has 0 aliphatic carbocycles. The molecule has 0 bridgehead atoms. The van der Waals surface area contributed by atoms with Crippen molar-refractivity contribution < 1.29 is 14.2 Å². The summed E-state index contributed by atoms with van der Waals surface area (Å²) in [4.78, 5) is 4.34. The first-order valence-electron chi connectivity index (χ1n) is 6.04. The molecule has 1 heterocycles. The lowest BCUT2D eigenvalue weighted by Gasteiger charge is -2.18. The Hall–Kier alpha value is -1.59. The minimum absolute atomic E-state index is 0.432. The molecular weight excluding hydrogens is 232 g/mol. The largest absolute Gasteiger partial charge is 0.497 e. The van der Waals surface area contributed by atoms with Crippen LogP contribution >= 0.6 is 0 Å². The van der Waals surface area contributed by atoms with Crippen LogP contribution < -0.4 is 4.74 Å². The highest BCUT2D eigenvalue weighted by Gasteiger charge is 2.14. The molecule has 0 amide bonds. The van der Waals surface area contributed by atoms with Gasteiger partial charge in [0.15, 0.2) is 0 Å². The predicted molar refractivity (Wildman–Crippen MR) is 68.6 cm³/mol. The number of aromatic nitrogens is 2. The maximum absolute atomic E-state index is 5.56. The van der Waals surface area contributed by atoms with E-state index in [2.05, 4.69) is 4.98 Å². The smallest absolute Gasteiger partial charge is 0.245 e. The van der Waals surface area contributed by atoms with Gasteiger partial charge in [-0.25, -0.2) is 4.98 Å². The van der Waals surface area contributed by atoms with Crippen LogP contribution in [0.3, 0.4) is 0 Å². The van der Waals surface area contributed by atoms with Crippen LogP contribution in [0.25, 0.3) is 11.0 Å². The number of imidazole rings is 1.